The van der Waals surface area contributed by atoms with Crippen molar-refractivity contribution in [1.82, 2.24) is 10.3 Å². The summed E-state index contributed by atoms with van der Waals surface area (Å²) in [7, 11) is 1.35. The van der Waals surface area contributed by atoms with E-state index < -0.39 is 5.97 Å². The summed E-state index contributed by atoms with van der Waals surface area (Å²) in [5.41, 5.74) is 3.95. The maximum Gasteiger partial charge on any atom is 0.335 e. The molecule has 6 heteroatoms. The minimum absolute atomic E-state index is 0.00894. The first-order valence-corrected chi connectivity index (χ1v) is 11.1. The number of amides is 1. The van der Waals surface area contributed by atoms with Crippen LogP contribution in [-0.4, -0.2) is 24.0 Å². The smallest absolute Gasteiger partial charge is 0.335 e. The quantitative estimate of drug-likeness (QED) is 0.459. The molecule has 1 amide bonds. The number of ether oxygens (including phenoxy) is 1. The number of hydrogen-bond donors (Lipinski definition) is 1. The van der Waals surface area contributed by atoms with E-state index in [1.807, 2.05) is 30.3 Å². The third-order valence-corrected chi connectivity index (χ3v) is 5.86. The van der Waals surface area contributed by atoms with E-state index in [-0.39, 0.29) is 11.8 Å². The summed E-state index contributed by atoms with van der Waals surface area (Å²) in [5, 5.41) is 12.4. The van der Waals surface area contributed by atoms with Crippen molar-refractivity contribution in [2.24, 2.45) is 5.92 Å². The molecule has 0 radical (unpaired) electrons. The van der Waals surface area contributed by atoms with Crippen LogP contribution in [0.15, 0.2) is 53.9 Å². The highest BCUT2D eigenvalue weighted by Gasteiger charge is 2.27. The maximum atomic E-state index is 12.6. The van der Waals surface area contributed by atoms with Gasteiger partial charge in [-0.25, -0.2) is 4.79 Å². The molecule has 1 heterocycles. The van der Waals surface area contributed by atoms with E-state index in [1.165, 1.54) is 7.11 Å². The Labute approximate surface area is 189 Å². The molecule has 1 aromatic heterocycles. The number of nitrogens with zero attached hydrogens (tertiary/aromatic N) is 2. The number of pyridine rings is 1. The number of nitrogens with one attached hydrogen (secondary N) is 1. The van der Waals surface area contributed by atoms with E-state index in [9.17, 15) is 14.9 Å². The Morgan fingerprint density at radius 1 is 1.22 bits per heavy atom. The van der Waals surface area contributed by atoms with Gasteiger partial charge in [0.25, 0.3) is 0 Å². The summed E-state index contributed by atoms with van der Waals surface area (Å²) in [6.07, 6.45) is 7.31. The minimum Gasteiger partial charge on any atom is -0.466 e. The summed E-state index contributed by atoms with van der Waals surface area (Å²) in [6, 6.07) is 13.2. The molecule has 0 unspecified atom stereocenters. The fourth-order valence-electron chi connectivity index (χ4n) is 3.69. The van der Waals surface area contributed by atoms with Crippen LogP contribution in [0.2, 0.25) is 0 Å². The van der Waals surface area contributed by atoms with E-state index in [0.29, 0.717) is 35.4 Å². The largest absolute Gasteiger partial charge is 0.466 e. The number of allylic oxidation sites excluding steroid dienone is 1. The SMILES string of the molecule is CCCC/C(NC(=O)C1CCC1)=C(\Cc1ccc(-c2ccccc2C#N)nc1)C(=O)OC. The van der Waals surface area contributed by atoms with Crippen LogP contribution in [0.4, 0.5) is 0 Å². The van der Waals surface area contributed by atoms with Gasteiger partial charge in [0.15, 0.2) is 0 Å². The molecule has 1 N–H and O–H groups in total. The highest BCUT2D eigenvalue weighted by molar-refractivity contribution is 5.91. The molecule has 6 nitrogen and oxygen atoms in total. The van der Waals surface area contributed by atoms with Gasteiger partial charge in [0, 0.05) is 29.8 Å². The summed E-state index contributed by atoms with van der Waals surface area (Å²) in [6.45, 7) is 2.07. The first-order valence-electron chi connectivity index (χ1n) is 11.1. The van der Waals surface area contributed by atoms with E-state index in [2.05, 4.69) is 23.3 Å². The van der Waals surface area contributed by atoms with Gasteiger partial charge in [-0.15, -0.1) is 0 Å². The zero-order valence-electron chi connectivity index (χ0n) is 18.7. The molecule has 1 fully saturated rings. The standard InChI is InChI=1S/C26H29N3O3/c1-3-4-12-24(29-25(30)19-9-7-10-19)22(26(31)32-2)15-18-13-14-23(28-17-18)21-11-6-5-8-20(21)16-27/h5-6,8,11,13-14,17,19H,3-4,7,9-10,12,15H2,1-2H3,(H,29,30)/b24-22-. The Morgan fingerprint density at radius 2 is 2.00 bits per heavy atom. The lowest BCUT2D eigenvalue weighted by Crippen LogP contribution is -2.35. The zero-order valence-corrected chi connectivity index (χ0v) is 18.7. The van der Waals surface area contributed by atoms with Crippen molar-refractivity contribution < 1.29 is 14.3 Å². The molecule has 1 aliphatic rings. The van der Waals surface area contributed by atoms with E-state index in [4.69, 9.17) is 4.74 Å². The van der Waals surface area contributed by atoms with Crippen LogP contribution >= 0.6 is 0 Å². The van der Waals surface area contributed by atoms with E-state index in [1.54, 1.807) is 12.3 Å². The lowest BCUT2D eigenvalue weighted by Gasteiger charge is -2.25. The van der Waals surface area contributed by atoms with Gasteiger partial charge >= 0.3 is 5.97 Å². The molecule has 0 bridgehead atoms. The number of aromatic nitrogens is 1. The Bertz CT molecular complexity index is 1030. The van der Waals surface area contributed by atoms with Crippen LogP contribution < -0.4 is 5.32 Å². The van der Waals surface area contributed by atoms with Crippen LogP contribution in [0.25, 0.3) is 11.3 Å². The van der Waals surface area contributed by atoms with Crippen molar-refractivity contribution in [3.63, 3.8) is 0 Å². The molecule has 32 heavy (non-hydrogen) atoms. The van der Waals surface area contributed by atoms with Crippen molar-refractivity contribution in [3.05, 3.63) is 65.0 Å². The highest BCUT2D eigenvalue weighted by atomic mass is 16.5. The zero-order chi connectivity index (χ0) is 22.9. The van der Waals surface area contributed by atoms with E-state index in [0.717, 1.165) is 43.2 Å². The molecular weight excluding hydrogens is 402 g/mol. The molecule has 1 aliphatic carbocycles. The topological polar surface area (TPSA) is 92.1 Å². The van der Waals surface area contributed by atoms with Crippen LogP contribution in [-0.2, 0) is 20.7 Å². The number of unbranched alkanes of at least 4 members (excludes halogenated alkanes) is 1. The molecule has 3 rings (SSSR count). The lowest BCUT2D eigenvalue weighted by atomic mass is 9.84. The predicted molar refractivity (Wildman–Crippen MR) is 122 cm³/mol. The number of carbonyl (C=O) groups excluding carboxylic acids is 2. The summed E-state index contributed by atoms with van der Waals surface area (Å²) in [4.78, 5) is 29.7. The van der Waals surface area contributed by atoms with Crippen LogP contribution in [0.3, 0.4) is 0 Å². The average molecular weight is 432 g/mol. The predicted octanol–water partition coefficient (Wildman–Crippen LogP) is 4.70. The van der Waals surface area contributed by atoms with Crippen LogP contribution in [0, 0.1) is 17.2 Å². The Morgan fingerprint density at radius 3 is 2.59 bits per heavy atom. The second-order valence-electron chi connectivity index (χ2n) is 8.06. The van der Waals surface area contributed by atoms with Gasteiger partial charge in [-0.1, -0.05) is 44.0 Å². The second-order valence-corrected chi connectivity index (χ2v) is 8.06. The van der Waals surface area contributed by atoms with Crippen molar-refractivity contribution in [2.75, 3.05) is 7.11 Å². The molecular formula is C26H29N3O3. The summed E-state index contributed by atoms with van der Waals surface area (Å²) >= 11 is 0. The molecule has 166 valence electrons. The Balaban J connectivity index is 1.88. The van der Waals surface area contributed by atoms with Gasteiger partial charge in [0.1, 0.15) is 0 Å². The molecule has 1 aromatic carbocycles. The van der Waals surface area contributed by atoms with Crippen molar-refractivity contribution in [1.29, 1.82) is 5.26 Å². The Hall–Kier alpha value is -3.46. The third-order valence-electron chi connectivity index (χ3n) is 5.86. The van der Waals surface area contributed by atoms with Crippen LogP contribution in [0.1, 0.15) is 56.6 Å². The number of hydrogen-bond acceptors (Lipinski definition) is 5. The maximum absolute atomic E-state index is 12.6. The number of carbonyl (C=O) groups is 2. The second kappa shape index (κ2) is 11.2. The van der Waals surface area contributed by atoms with Gasteiger partial charge in [-0.2, -0.15) is 5.26 Å². The average Bonchev–Trinajstić information content (AvgIpc) is 2.79. The molecule has 0 spiro atoms. The van der Waals surface area contributed by atoms with Gasteiger partial charge in [-0.3, -0.25) is 9.78 Å². The van der Waals surface area contributed by atoms with E-state index >= 15 is 0 Å². The first kappa shape index (κ1) is 23.2. The van der Waals surface area contributed by atoms with Gasteiger partial charge in [0.2, 0.25) is 5.91 Å². The molecule has 0 saturated heterocycles. The normalized spacial score (nSPS) is 14.0. The molecule has 2 aromatic rings. The van der Waals surface area contributed by atoms with Crippen molar-refractivity contribution >= 4 is 11.9 Å². The first-order chi connectivity index (χ1) is 15.6. The third kappa shape index (κ3) is 5.61. The van der Waals surface area contributed by atoms with Crippen molar-refractivity contribution in [2.45, 2.75) is 51.9 Å². The number of esters is 1. The van der Waals surface area contributed by atoms with Gasteiger partial charge in [-0.05, 0) is 43.4 Å². The number of rotatable bonds is 9. The van der Waals surface area contributed by atoms with Crippen molar-refractivity contribution in [3.8, 4) is 17.3 Å². The van der Waals surface area contributed by atoms with Crippen LogP contribution in [0.5, 0.6) is 0 Å². The van der Waals surface area contributed by atoms with Gasteiger partial charge < -0.3 is 10.1 Å². The summed E-state index contributed by atoms with van der Waals surface area (Å²) < 4.78 is 5.05. The number of benzene rings is 1. The Kier molecular flexibility index (Phi) is 8.15. The molecule has 0 aliphatic heterocycles. The minimum atomic E-state index is -0.441. The summed E-state index contributed by atoms with van der Waals surface area (Å²) in [5.74, 6) is -0.416. The fraction of sp³-hybridized carbons (Fsp3) is 0.385. The highest BCUT2D eigenvalue weighted by Crippen LogP contribution is 2.28. The molecule has 1 saturated carbocycles. The monoisotopic (exact) mass is 431 g/mol. The fourth-order valence-corrected chi connectivity index (χ4v) is 3.69. The van der Waals surface area contributed by atoms with Gasteiger partial charge in [0.05, 0.1) is 30.0 Å². The number of nitriles is 1. The lowest BCUT2D eigenvalue weighted by molar-refractivity contribution is -0.136. The number of methoxy groups -OCH3 is 1. The molecule has 0 atom stereocenters.